The maximum atomic E-state index is 11.9. The van der Waals surface area contributed by atoms with Crippen molar-refractivity contribution in [1.82, 2.24) is 9.62 Å². The zero-order valence-corrected chi connectivity index (χ0v) is 15.1. The summed E-state index contributed by atoms with van der Waals surface area (Å²) in [5.74, 6) is 1.25. The van der Waals surface area contributed by atoms with Gasteiger partial charge in [-0.1, -0.05) is 12.1 Å². The number of ether oxygens (including phenoxy) is 1. The smallest absolute Gasteiger partial charge is 0.213 e. The highest BCUT2D eigenvalue weighted by Crippen LogP contribution is 2.20. The van der Waals surface area contributed by atoms with E-state index in [0.29, 0.717) is 12.5 Å². The van der Waals surface area contributed by atoms with Crippen LogP contribution in [-0.2, 0) is 16.6 Å². The number of benzene rings is 1. The van der Waals surface area contributed by atoms with E-state index in [4.69, 9.17) is 4.74 Å². The van der Waals surface area contributed by atoms with Crippen molar-refractivity contribution in [3.05, 3.63) is 29.8 Å². The lowest BCUT2D eigenvalue weighted by Crippen LogP contribution is -2.42. The van der Waals surface area contributed by atoms with E-state index < -0.39 is 10.0 Å². The fourth-order valence-electron chi connectivity index (χ4n) is 2.89. The number of nitrogens with one attached hydrogen (secondary N) is 1. The Bertz CT molecular complexity index is 602. The molecule has 1 aromatic carbocycles. The van der Waals surface area contributed by atoms with E-state index in [2.05, 4.69) is 21.8 Å². The predicted octanol–water partition coefficient (Wildman–Crippen LogP) is 2.24. The third-order valence-corrected chi connectivity index (χ3v) is 6.15. The van der Waals surface area contributed by atoms with Crippen molar-refractivity contribution < 1.29 is 13.2 Å². The van der Waals surface area contributed by atoms with Crippen LogP contribution in [0.2, 0.25) is 0 Å². The van der Waals surface area contributed by atoms with Gasteiger partial charge in [-0.05, 0) is 56.8 Å². The average molecular weight is 340 g/mol. The molecule has 0 unspecified atom stereocenters. The highest BCUT2D eigenvalue weighted by atomic mass is 32.2. The van der Waals surface area contributed by atoms with Crippen LogP contribution in [0.15, 0.2) is 24.3 Å². The van der Waals surface area contributed by atoms with Crippen LogP contribution < -0.4 is 9.46 Å². The molecular formula is C17H28N2O3S. The van der Waals surface area contributed by atoms with Crippen LogP contribution >= 0.6 is 0 Å². The molecule has 0 aromatic heterocycles. The van der Waals surface area contributed by atoms with Gasteiger partial charge >= 0.3 is 0 Å². The number of hydrogen-bond donors (Lipinski definition) is 1. The Morgan fingerprint density at radius 3 is 2.87 bits per heavy atom. The number of nitrogens with zero attached hydrogens (tertiary/aromatic N) is 1. The zero-order chi connectivity index (χ0) is 16.9. The second-order valence-corrected chi connectivity index (χ2v) is 8.86. The summed E-state index contributed by atoms with van der Waals surface area (Å²) >= 11 is 0. The van der Waals surface area contributed by atoms with Gasteiger partial charge in [-0.25, -0.2) is 13.1 Å². The van der Waals surface area contributed by atoms with Crippen molar-refractivity contribution in [3.63, 3.8) is 0 Å². The zero-order valence-electron chi connectivity index (χ0n) is 14.3. The molecular weight excluding hydrogens is 312 g/mol. The van der Waals surface area contributed by atoms with Gasteiger partial charge in [0.2, 0.25) is 10.0 Å². The van der Waals surface area contributed by atoms with Gasteiger partial charge in [-0.2, -0.15) is 0 Å². The first-order chi connectivity index (χ1) is 10.9. The minimum Gasteiger partial charge on any atom is -0.497 e. The van der Waals surface area contributed by atoms with E-state index in [0.717, 1.165) is 38.2 Å². The highest BCUT2D eigenvalue weighted by molar-refractivity contribution is 7.90. The molecule has 1 aromatic rings. The molecule has 1 saturated heterocycles. The molecule has 1 aliphatic heterocycles. The van der Waals surface area contributed by atoms with Crippen LogP contribution in [0.25, 0.3) is 0 Å². The van der Waals surface area contributed by atoms with Crippen LogP contribution in [0.5, 0.6) is 5.75 Å². The number of piperidine rings is 1. The second-order valence-electron chi connectivity index (χ2n) is 6.54. The fraction of sp³-hybridized carbons (Fsp3) is 0.647. The molecule has 0 spiro atoms. The van der Waals surface area contributed by atoms with Crippen molar-refractivity contribution in [2.75, 3.05) is 26.7 Å². The maximum Gasteiger partial charge on any atom is 0.213 e. The molecule has 0 aliphatic carbocycles. The van der Waals surface area contributed by atoms with Crippen molar-refractivity contribution in [3.8, 4) is 5.75 Å². The number of methoxy groups -OCH3 is 1. The summed E-state index contributed by atoms with van der Waals surface area (Å²) in [6.07, 6.45) is 2.19. The third-order valence-electron chi connectivity index (χ3n) is 4.34. The Hall–Kier alpha value is -1.11. The van der Waals surface area contributed by atoms with E-state index in [-0.39, 0.29) is 5.25 Å². The standard InChI is InChI=1S/C17H28N2O3S/c1-14(2)23(20,21)18-11-16-7-5-9-19(13-16)12-15-6-4-8-17(10-15)22-3/h4,6,8,10,14,16,18H,5,7,9,11-13H2,1-3H3/t16-/m0/s1. The van der Waals surface area contributed by atoms with Crippen molar-refractivity contribution >= 4 is 10.0 Å². The molecule has 0 radical (unpaired) electrons. The largest absolute Gasteiger partial charge is 0.497 e. The molecule has 0 amide bonds. The van der Waals surface area contributed by atoms with Crippen LogP contribution in [0.1, 0.15) is 32.3 Å². The molecule has 130 valence electrons. The third kappa shape index (κ3) is 5.48. The summed E-state index contributed by atoms with van der Waals surface area (Å²) in [6.45, 7) is 6.82. The molecule has 1 atom stereocenters. The Balaban J connectivity index is 1.88. The van der Waals surface area contributed by atoms with Gasteiger partial charge in [0.15, 0.2) is 0 Å². The van der Waals surface area contributed by atoms with Crippen LogP contribution in [0, 0.1) is 5.92 Å². The second kappa shape index (κ2) is 8.13. The molecule has 5 nitrogen and oxygen atoms in total. The molecule has 23 heavy (non-hydrogen) atoms. The molecule has 1 aliphatic rings. The first kappa shape index (κ1) is 18.2. The van der Waals surface area contributed by atoms with E-state index >= 15 is 0 Å². The lowest BCUT2D eigenvalue weighted by Gasteiger charge is -2.33. The maximum absolute atomic E-state index is 11.9. The summed E-state index contributed by atoms with van der Waals surface area (Å²) in [4.78, 5) is 2.40. The van der Waals surface area contributed by atoms with Gasteiger partial charge in [0.25, 0.3) is 0 Å². The normalized spacial score (nSPS) is 19.9. The van der Waals surface area contributed by atoms with E-state index in [1.165, 1.54) is 5.56 Å². The van der Waals surface area contributed by atoms with E-state index in [1.807, 2.05) is 12.1 Å². The van der Waals surface area contributed by atoms with Crippen LogP contribution in [0.4, 0.5) is 0 Å². The minimum absolute atomic E-state index is 0.376. The summed E-state index contributed by atoms with van der Waals surface area (Å²) in [6, 6.07) is 8.12. The van der Waals surface area contributed by atoms with E-state index in [1.54, 1.807) is 21.0 Å². The topological polar surface area (TPSA) is 58.6 Å². The van der Waals surface area contributed by atoms with Crippen molar-refractivity contribution in [1.29, 1.82) is 0 Å². The van der Waals surface area contributed by atoms with Crippen LogP contribution in [0.3, 0.4) is 0 Å². The highest BCUT2D eigenvalue weighted by Gasteiger charge is 2.23. The van der Waals surface area contributed by atoms with Gasteiger partial charge in [0, 0.05) is 19.6 Å². The molecule has 0 saturated carbocycles. The van der Waals surface area contributed by atoms with Crippen molar-refractivity contribution in [2.45, 2.75) is 38.5 Å². The van der Waals surface area contributed by atoms with Gasteiger partial charge in [-0.15, -0.1) is 0 Å². The minimum atomic E-state index is -3.17. The summed E-state index contributed by atoms with van der Waals surface area (Å²) in [5, 5.41) is -0.376. The quantitative estimate of drug-likeness (QED) is 0.827. The Labute approximate surface area is 140 Å². The average Bonchev–Trinajstić information content (AvgIpc) is 2.53. The van der Waals surface area contributed by atoms with Crippen LogP contribution in [-0.4, -0.2) is 45.3 Å². The number of rotatable bonds is 7. The lowest BCUT2D eigenvalue weighted by molar-refractivity contribution is 0.168. The molecule has 1 N–H and O–H groups in total. The summed E-state index contributed by atoms with van der Waals surface area (Å²) in [5.41, 5.74) is 1.23. The number of sulfonamides is 1. The molecule has 1 fully saturated rings. The SMILES string of the molecule is COc1cccc(CN2CCC[C@@H](CNS(=O)(=O)C(C)C)C2)c1. The van der Waals surface area contributed by atoms with E-state index in [9.17, 15) is 8.42 Å². The molecule has 1 heterocycles. The van der Waals surface area contributed by atoms with Gasteiger partial charge in [0.05, 0.1) is 12.4 Å². The van der Waals surface area contributed by atoms with Gasteiger partial charge < -0.3 is 4.74 Å². The first-order valence-electron chi connectivity index (χ1n) is 8.24. The van der Waals surface area contributed by atoms with Crippen molar-refractivity contribution in [2.24, 2.45) is 5.92 Å². The fourth-order valence-corrected chi connectivity index (χ4v) is 3.69. The summed E-state index contributed by atoms with van der Waals surface area (Å²) in [7, 11) is -1.49. The lowest BCUT2D eigenvalue weighted by atomic mass is 9.98. The van der Waals surface area contributed by atoms with Gasteiger partial charge in [0.1, 0.15) is 5.75 Å². The number of likely N-dealkylation sites (tertiary alicyclic amines) is 1. The first-order valence-corrected chi connectivity index (χ1v) is 9.79. The van der Waals surface area contributed by atoms with Gasteiger partial charge in [-0.3, -0.25) is 4.90 Å². The molecule has 2 rings (SSSR count). The monoisotopic (exact) mass is 340 g/mol. The Kier molecular flexibility index (Phi) is 6.44. The molecule has 6 heteroatoms. The summed E-state index contributed by atoms with van der Waals surface area (Å²) < 4.78 is 31.8. The Morgan fingerprint density at radius 1 is 1.39 bits per heavy atom. The molecule has 0 bridgehead atoms. The predicted molar refractivity (Wildman–Crippen MR) is 93.1 cm³/mol. The number of hydrogen-bond acceptors (Lipinski definition) is 4. The Morgan fingerprint density at radius 2 is 2.17 bits per heavy atom.